The fourth-order valence-electron chi connectivity index (χ4n) is 2.05. The maximum atomic E-state index is 13.7. The molecule has 0 atom stereocenters. The van der Waals surface area contributed by atoms with Crippen LogP contribution in [0.5, 0.6) is 5.75 Å². The Balaban J connectivity index is 1.93. The second-order valence-electron chi connectivity index (χ2n) is 5.37. The molecule has 2 rings (SSSR count). The first kappa shape index (κ1) is 20.1. The average molecular weight is 373 g/mol. The molecule has 142 valence electrons. The molecule has 7 nitrogen and oxygen atoms in total. The van der Waals surface area contributed by atoms with Crippen LogP contribution in [-0.4, -0.2) is 38.3 Å². The minimum absolute atomic E-state index is 0.0474. The second-order valence-corrected chi connectivity index (χ2v) is 5.37. The molecule has 0 fully saturated rings. The minimum Gasteiger partial charge on any atom is -0.488 e. The summed E-state index contributed by atoms with van der Waals surface area (Å²) in [6, 6.07) is 13.3. The zero-order valence-corrected chi connectivity index (χ0v) is 14.8. The first-order valence-electron chi connectivity index (χ1n) is 8.17. The van der Waals surface area contributed by atoms with Gasteiger partial charge in [-0.05, 0) is 18.2 Å². The van der Waals surface area contributed by atoms with E-state index in [0.717, 1.165) is 0 Å². The molecule has 0 spiro atoms. The number of benzene rings is 2. The van der Waals surface area contributed by atoms with Crippen LogP contribution in [0.15, 0.2) is 53.6 Å². The molecule has 0 heterocycles. The first-order chi connectivity index (χ1) is 13.1. The van der Waals surface area contributed by atoms with Crippen molar-refractivity contribution < 1.29 is 23.5 Å². The van der Waals surface area contributed by atoms with E-state index in [1.807, 2.05) is 0 Å². The van der Waals surface area contributed by atoms with Crippen LogP contribution in [0.3, 0.4) is 0 Å². The number of hydrazone groups is 1. The third kappa shape index (κ3) is 6.52. The number of hydrogen-bond acceptors (Lipinski definition) is 5. The first-order valence-corrected chi connectivity index (χ1v) is 8.17. The number of carbonyl (C=O) groups is 2. The van der Waals surface area contributed by atoms with Gasteiger partial charge in [0.05, 0.1) is 12.8 Å². The molecule has 8 heteroatoms. The van der Waals surface area contributed by atoms with Crippen LogP contribution >= 0.6 is 0 Å². The maximum Gasteiger partial charge on any atom is 0.329 e. The number of amides is 2. The van der Waals surface area contributed by atoms with E-state index >= 15 is 0 Å². The molecule has 0 aliphatic rings. The van der Waals surface area contributed by atoms with E-state index < -0.39 is 11.8 Å². The third-order valence-corrected chi connectivity index (χ3v) is 3.43. The number of para-hydroxylation sites is 1. The average Bonchev–Trinajstić information content (AvgIpc) is 2.68. The van der Waals surface area contributed by atoms with Gasteiger partial charge in [-0.2, -0.15) is 5.10 Å². The SMILES string of the molecule is COCCNC(=O)C(=O)N/N=C\c1ccccc1OCc1ccccc1F. The van der Waals surface area contributed by atoms with Crippen molar-refractivity contribution in [2.45, 2.75) is 6.61 Å². The molecule has 0 aliphatic carbocycles. The summed E-state index contributed by atoms with van der Waals surface area (Å²) in [6.45, 7) is 0.569. The molecular weight excluding hydrogens is 353 g/mol. The van der Waals surface area contributed by atoms with Crippen LogP contribution in [-0.2, 0) is 20.9 Å². The predicted molar refractivity (Wildman–Crippen MR) is 97.8 cm³/mol. The minimum atomic E-state index is -0.896. The second kappa shape index (κ2) is 10.7. The summed E-state index contributed by atoms with van der Waals surface area (Å²) < 4.78 is 24.1. The van der Waals surface area contributed by atoms with Crippen molar-refractivity contribution in [2.24, 2.45) is 5.10 Å². The number of rotatable bonds is 8. The highest BCUT2D eigenvalue weighted by atomic mass is 19.1. The van der Waals surface area contributed by atoms with Gasteiger partial charge in [-0.25, -0.2) is 9.82 Å². The molecule has 27 heavy (non-hydrogen) atoms. The largest absolute Gasteiger partial charge is 0.488 e. The van der Waals surface area contributed by atoms with Crippen molar-refractivity contribution in [3.05, 3.63) is 65.5 Å². The van der Waals surface area contributed by atoms with E-state index in [1.165, 1.54) is 19.4 Å². The number of ether oxygens (including phenoxy) is 2. The lowest BCUT2D eigenvalue weighted by molar-refractivity contribution is -0.139. The van der Waals surface area contributed by atoms with Gasteiger partial charge in [-0.1, -0.05) is 30.3 Å². The summed E-state index contributed by atoms with van der Waals surface area (Å²) in [5, 5.41) is 6.13. The van der Waals surface area contributed by atoms with Gasteiger partial charge in [-0.3, -0.25) is 9.59 Å². The molecule has 0 aromatic heterocycles. The molecule has 0 radical (unpaired) electrons. The van der Waals surface area contributed by atoms with Gasteiger partial charge < -0.3 is 14.8 Å². The maximum absolute atomic E-state index is 13.7. The Labute approximate surface area is 156 Å². The molecule has 0 bridgehead atoms. The standard InChI is InChI=1S/C19H20FN3O4/c1-26-11-10-21-18(24)19(25)23-22-12-14-6-3-5-9-17(14)27-13-15-7-2-4-8-16(15)20/h2-9,12H,10-11,13H2,1H3,(H,21,24)(H,23,25)/b22-12-. The fourth-order valence-corrected chi connectivity index (χ4v) is 2.05. The number of hydrogen-bond donors (Lipinski definition) is 2. The number of carbonyl (C=O) groups excluding carboxylic acids is 2. The molecule has 0 saturated heterocycles. The van der Waals surface area contributed by atoms with E-state index in [0.29, 0.717) is 23.5 Å². The molecule has 2 aromatic carbocycles. The Morgan fingerprint density at radius 2 is 1.85 bits per heavy atom. The van der Waals surface area contributed by atoms with Gasteiger partial charge in [-0.15, -0.1) is 0 Å². The van der Waals surface area contributed by atoms with Crippen LogP contribution in [0.4, 0.5) is 4.39 Å². The Morgan fingerprint density at radius 1 is 1.11 bits per heavy atom. The predicted octanol–water partition coefficient (Wildman–Crippen LogP) is 1.62. The van der Waals surface area contributed by atoms with Crippen molar-refractivity contribution >= 4 is 18.0 Å². The van der Waals surface area contributed by atoms with E-state index in [1.54, 1.807) is 42.5 Å². The number of nitrogens with zero attached hydrogens (tertiary/aromatic N) is 1. The summed E-state index contributed by atoms with van der Waals surface area (Å²) in [5.74, 6) is -1.60. The Morgan fingerprint density at radius 3 is 2.63 bits per heavy atom. The summed E-state index contributed by atoms with van der Waals surface area (Å²) in [5.41, 5.74) is 3.12. The van der Waals surface area contributed by atoms with Gasteiger partial charge in [0.1, 0.15) is 18.2 Å². The molecular formula is C19H20FN3O4. The smallest absolute Gasteiger partial charge is 0.329 e. The summed E-state index contributed by atoms with van der Waals surface area (Å²) >= 11 is 0. The Kier molecular flexibility index (Phi) is 7.92. The van der Waals surface area contributed by atoms with Crippen LogP contribution in [0.2, 0.25) is 0 Å². The lowest BCUT2D eigenvalue weighted by atomic mass is 10.2. The van der Waals surface area contributed by atoms with Crippen molar-refractivity contribution in [3.8, 4) is 5.75 Å². The molecule has 0 unspecified atom stereocenters. The highest BCUT2D eigenvalue weighted by molar-refractivity contribution is 6.35. The van der Waals surface area contributed by atoms with Crippen molar-refractivity contribution in [2.75, 3.05) is 20.3 Å². The Hall–Kier alpha value is -3.26. The van der Waals surface area contributed by atoms with Gasteiger partial charge in [0, 0.05) is 24.8 Å². The molecule has 2 aromatic rings. The highest BCUT2D eigenvalue weighted by Gasteiger charge is 2.11. The summed E-state index contributed by atoms with van der Waals surface area (Å²) in [6.07, 6.45) is 1.34. The van der Waals surface area contributed by atoms with Gasteiger partial charge >= 0.3 is 11.8 Å². The van der Waals surface area contributed by atoms with E-state index in [2.05, 4.69) is 15.8 Å². The van der Waals surface area contributed by atoms with E-state index in [-0.39, 0.29) is 19.0 Å². The Bertz CT molecular complexity index is 811. The van der Waals surface area contributed by atoms with Crippen molar-refractivity contribution in [1.29, 1.82) is 0 Å². The van der Waals surface area contributed by atoms with Crippen LogP contribution < -0.4 is 15.5 Å². The number of nitrogens with one attached hydrogen (secondary N) is 2. The number of methoxy groups -OCH3 is 1. The normalized spacial score (nSPS) is 10.6. The van der Waals surface area contributed by atoms with Crippen LogP contribution in [0.25, 0.3) is 0 Å². The summed E-state index contributed by atoms with van der Waals surface area (Å²) in [4.78, 5) is 23.1. The molecule has 0 saturated carbocycles. The van der Waals surface area contributed by atoms with Gasteiger partial charge in [0.25, 0.3) is 0 Å². The number of halogens is 1. The zero-order chi connectivity index (χ0) is 19.5. The van der Waals surface area contributed by atoms with Crippen LogP contribution in [0.1, 0.15) is 11.1 Å². The molecule has 0 aliphatic heterocycles. The van der Waals surface area contributed by atoms with Crippen LogP contribution in [0, 0.1) is 5.82 Å². The zero-order valence-electron chi connectivity index (χ0n) is 14.8. The van der Waals surface area contributed by atoms with Gasteiger partial charge in [0.15, 0.2) is 0 Å². The lowest BCUT2D eigenvalue weighted by Crippen LogP contribution is -2.39. The highest BCUT2D eigenvalue weighted by Crippen LogP contribution is 2.18. The van der Waals surface area contributed by atoms with Crippen molar-refractivity contribution in [3.63, 3.8) is 0 Å². The van der Waals surface area contributed by atoms with Gasteiger partial charge in [0.2, 0.25) is 0 Å². The molecule has 2 amide bonds. The quantitative estimate of drug-likeness (QED) is 0.318. The lowest BCUT2D eigenvalue weighted by Gasteiger charge is -2.09. The molecule has 2 N–H and O–H groups in total. The monoisotopic (exact) mass is 373 g/mol. The van der Waals surface area contributed by atoms with E-state index in [9.17, 15) is 14.0 Å². The third-order valence-electron chi connectivity index (χ3n) is 3.43. The van der Waals surface area contributed by atoms with Crippen molar-refractivity contribution in [1.82, 2.24) is 10.7 Å². The summed E-state index contributed by atoms with van der Waals surface area (Å²) in [7, 11) is 1.49. The topological polar surface area (TPSA) is 89.0 Å². The van der Waals surface area contributed by atoms with E-state index in [4.69, 9.17) is 9.47 Å². The fraction of sp³-hybridized carbons (Fsp3) is 0.211.